The van der Waals surface area contributed by atoms with Crippen molar-refractivity contribution < 1.29 is 32.6 Å². The van der Waals surface area contributed by atoms with Crippen LogP contribution in [0.25, 0.3) is 0 Å². The summed E-state index contributed by atoms with van der Waals surface area (Å²) in [4.78, 5) is 26.1. The first-order chi connectivity index (χ1) is 10.3. The number of halogens is 3. The SMILES string of the molecule is O=C(O)c1cccc(C(=O)Oc2cccc(C(F)(F)F)c2)n1. The minimum absolute atomic E-state index is 0.317. The molecule has 0 amide bonds. The van der Waals surface area contributed by atoms with Gasteiger partial charge in [0.05, 0.1) is 5.56 Å². The summed E-state index contributed by atoms with van der Waals surface area (Å²) in [5.74, 6) is -2.71. The van der Waals surface area contributed by atoms with Crippen molar-refractivity contribution in [3.63, 3.8) is 0 Å². The number of benzene rings is 1. The monoisotopic (exact) mass is 311 g/mol. The number of aromatic nitrogens is 1. The lowest BCUT2D eigenvalue weighted by molar-refractivity contribution is -0.137. The van der Waals surface area contributed by atoms with E-state index < -0.39 is 23.7 Å². The van der Waals surface area contributed by atoms with Crippen molar-refractivity contribution >= 4 is 11.9 Å². The largest absolute Gasteiger partial charge is 0.477 e. The van der Waals surface area contributed by atoms with Crippen LogP contribution in [-0.2, 0) is 6.18 Å². The summed E-state index contributed by atoms with van der Waals surface area (Å²) in [7, 11) is 0. The molecule has 0 aliphatic carbocycles. The van der Waals surface area contributed by atoms with Crippen molar-refractivity contribution in [2.45, 2.75) is 6.18 Å². The van der Waals surface area contributed by atoms with Crippen molar-refractivity contribution in [1.82, 2.24) is 4.98 Å². The van der Waals surface area contributed by atoms with E-state index in [0.717, 1.165) is 12.1 Å². The second-order valence-corrected chi connectivity index (χ2v) is 4.13. The Bertz CT molecular complexity index is 728. The molecule has 8 heteroatoms. The summed E-state index contributed by atoms with van der Waals surface area (Å²) in [5.41, 5.74) is -1.67. The second-order valence-electron chi connectivity index (χ2n) is 4.13. The molecule has 0 aliphatic rings. The topological polar surface area (TPSA) is 76.5 Å². The van der Waals surface area contributed by atoms with Gasteiger partial charge in [0.1, 0.15) is 17.1 Å². The van der Waals surface area contributed by atoms with Gasteiger partial charge in [0.25, 0.3) is 0 Å². The third-order valence-corrected chi connectivity index (χ3v) is 2.55. The number of carbonyl (C=O) groups is 2. The van der Waals surface area contributed by atoms with Crippen LogP contribution in [0.2, 0.25) is 0 Å². The Morgan fingerprint density at radius 1 is 1.05 bits per heavy atom. The van der Waals surface area contributed by atoms with Gasteiger partial charge in [0.15, 0.2) is 0 Å². The minimum atomic E-state index is -4.57. The van der Waals surface area contributed by atoms with E-state index in [-0.39, 0.29) is 17.1 Å². The van der Waals surface area contributed by atoms with E-state index in [1.807, 2.05) is 0 Å². The summed E-state index contributed by atoms with van der Waals surface area (Å²) in [6.07, 6.45) is -4.57. The van der Waals surface area contributed by atoms with Crippen molar-refractivity contribution in [2.75, 3.05) is 0 Å². The van der Waals surface area contributed by atoms with Crippen LogP contribution in [0.5, 0.6) is 5.75 Å². The van der Waals surface area contributed by atoms with Crippen LogP contribution in [0.15, 0.2) is 42.5 Å². The van der Waals surface area contributed by atoms with E-state index >= 15 is 0 Å². The van der Waals surface area contributed by atoms with Gasteiger partial charge in [-0.1, -0.05) is 12.1 Å². The average molecular weight is 311 g/mol. The highest BCUT2D eigenvalue weighted by atomic mass is 19.4. The Kier molecular flexibility index (Phi) is 4.11. The number of carboxylic acids is 1. The Labute approximate surface area is 122 Å². The quantitative estimate of drug-likeness (QED) is 0.696. The zero-order valence-electron chi connectivity index (χ0n) is 10.8. The van der Waals surface area contributed by atoms with Crippen molar-refractivity contribution in [1.29, 1.82) is 0 Å². The number of ether oxygens (including phenoxy) is 1. The lowest BCUT2D eigenvalue weighted by atomic mass is 10.2. The van der Waals surface area contributed by atoms with Gasteiger partial charge >= 0.3 is 18.1 Å². The fourth-order valence-electron chi connectivity index (χ4n) is 1.56. The van der Waals surface area contributed by atoms with E-state index in [2.05, 4.69) is 4.98 Å². The first-order valence-electron chi connectivity index (χ1n) is 5.87. The molecule has 114 valence electrons. The molecule has 1 N–H and O–H groups in total. The smallest absolute Gasteiger partial charge is 0.416 e. The number of carbonyl (C=O) groups excluding carboxylic acids is 1. The summed E-state index contributed by atoms with van der Waals surface area (Å²) < 4.78 is 42.4. The summed E-state index contributed by atoms with van der Waals surface area (Å²) >= 11 is 0. The number of rotatable bonds is 3. The maximum Gasteiger partial charge on any atom is 0.416 e. The molecule has 1 aromatic heterocycles. The van der Waals surface area contributed by atoms with Gasteiger partial charge in [-0.3, -0.25) is 0 Å². The summed E-state index contributed by atoms with van der Waals surface area (Å²) in [6.45, 7) is 0. The average Bonchev–Trinajstić information content (AvgIpc) is 2.46. The molecule has 2 aromatic rings. The maximum absolute atomic E-state index is 12.6. The van der Waals surface area contributed by atoms with Crippen molar-refractivity contribution in [3.8, 4) is 5.75 Å². The van der Waals surface area contributed by atoms with Crippen LogP contribution in [-0.4, -0.2) is 22.0 Å². The first-order valence-corrected chi connectivity index (χ1v) is 5.87. The molecule has 0 bridgehead atoms. The number of pyridine rings is 1. The number of carboxylic acid groups (broad SMARTS) is 1. The number of esters is 1. The standard InChI is InChI=1S/C14H8F3NO4/c15-14(16,17)8-3-1-4-9(7-8)22-13(21)11-6-2-5-10(18-11)12(19)20/h1-7H,(H,19,20). The van der Waals surface area contributed by atoms with Gasteiger partial charge in [-0.2, -0.15) is 13.2 Å². The molecular formula is C14H8F3NO4. The van der Waals surface area contributed by atoms with Crippen LogP contribution < -0.4 is 4.74 Å². The Morgan fingerprint density at radius 3 is 2.32 bits per heavy atom. The van der Waals surface area contributed by atoms with Gasteiger partial charge in [-0.15, -0.1) is 0 Å². The molecule has 5 nitrogen and oxygen atoms in total. The van der Waals surface area contributed by atoms with E-state index in [4.69, 9.17) is 9.84 Å². The van der Waals surface area contributed by atoms with Gasteiger partial charge in [0.2, 0.25) is 0 Å². The van der Waals surface area contributed by atoms with E-state index in [1.165, 1.54) is 24.3 Å². The molecule has 0 fully saturated rings. The van der Waals surface area contributed by atoms with E-state index in [0.29, 0.717) is 6.07 Å². The fraction of sp³-hybridized carbons (Fsp3) is 0.0714. The van der Waals surface area contributed by atoms with Crippen LogP contribution in [0.4, 0.5) is 13.2 Å². The highest BCUT2D eigenvalue weighted by Crippen LogP contribution is 2.31. The summed E-state index contributed by atoms with van der Waals surface area (Å²) in [5, 5.41) is 8.77. The first kappa shape index (κ1) is 15.5. The van der Waals surface area contributed by atoms with Gasteiger partial charge in [-0.05, 0) is 30.3 Å². The zero-order valence-corrected chi connectivity index (χ0v) is 10.8. The number of nitrogens with zero attached hydrogens (tertiary/aromatic N) is 1. The van der Waals surface area contributed by atoms with E-state index in [9.17, 15) is 22.8 Å². The zero-order chi connectivity index (χ0) is 16.3. The van der Waals surface area contributed by atoms with E-state index in [1.54, 1.807) is 0 Å². The molecule has 1 heterocycles. The molecular weight excluding hydrogens is 303 g/mol. The predicted octanol–water partition coefficient (Wildman–Crippen LogP) is 3.02. The molecule has 0 atom stereocenters. The molecule has 1 aromatic carbocycles. The molecule has 22 heavy (non-hydrogen) atoms. The number of hydrogen-bond donors (Lipinski definition) is 1. The molecule has 0 radical (unpaired) electrons. The minimum Gasteiger partial charge on any atom is -0.477 e. The molecule has 0 spiro atoms. The maximum atomic E-state index is 12.6. The Morgan fingerprint density at radius 2 is 1.68 bits per heavy atom. The lowest BCUT2D eigenvalue weighted by Crippen LogP contribution is -2.13. The predicted molar refractivity (Wildman–Crippen MR) is 67.6 cm³/mol. The Balaban J connectivity index is 2.22. The third kappa shape index (κ3) is 3.60. The lowest BCUT2D eigenvalue weighted by Gasteiger charge is -2.09. The fourth-order valence-corrected chi connectivity index (χ4v) is 1.56. The second kappa shape index (κ2) is 5.84. The highest BCUT2D eigenvalue weighted by Gasteiger charge is 2.30. The van der Waals surface area contributed by atoms with Gasteiger partial charge in [-0.25, -0.2) is 14.6 Å². The summed E-state index contributed by atoms with van der Waals surface area (Å²) in [6, 6.07) is 7.41. The molecule has 0 saturated heterocycles. The van der Waals surface area contributed by atoms with Crippen molar-refractivity contribution in [2.24, 2.45) is 0 Å². The van der Waals surface area contributed by atoms with Gasteiger partial charge in [0, 0.05) is 0 Å². The highest BCUT2D eigenvalue weighted by molar-refractivity contribution is 5.91. The van der Waals surface area contributed by atoms with Crippen LogP contribution >= 0.6 is 0 Å². The molecule has 0 saturated carbocycles. The number of aromatic carboxylic acids is 1. The van der Waals surface area contributed by atoms with Crippen LogP contribution in [0, 0.1) is 0 Å². The molecule has 0 aliphatic heterocycles. The molecule has 2 rings (SSSR count). The number of hydrogen-bond acceptors (Lipinski definition) is 4. The molecule has 0 unspecified atom stereocenters. The third-order valence-electron chi connectivity index (χ3n) is 2.55. The normalized spacial score (nSPS) is 11.0. The van der Waals surface area contributed by atoms with Crippen LogP contribution in [0.3, 0.4) is 0 Å². The van der Waals surface area contributed by atoms with Crippen LogP contribution in [0.1, 0.15) is 26.5 Å². The number of alkyl halides is 3. The Hall–Kier alpha value is -2.90. The van der Waals surface area contributed by atoms with Crippen molar-refractivity contribution in [3.05, 3.63) is 59.4 Å². The van der Waals surface area contributed by atoms with Gasteiger partial charge < -0.3 is 9.84 Å².